The Kier molecular flexibility index (Phi) is 5.82. The van der Waals surface area contributed by atoms with E-state index in [0.717, 1.165) is 37.6 Å². The molecule has 0 amide bonds. The summed E-state index contributed by atoms with van der Waals surface area (Å²) in [5.74, 6) is 1.14. The van der Waals surface area contributed by atoms with Crippen molar-refractivity contribution in [3.63, 3.8) is 0 Å². The standard InChI is InChI=1S/C14H22N2O2S/c1-17-8-9-18-7-2-5-16-6-10-19-14-4-3-12(15)11-13(14)16/h3-4,11H,2,5-10,15H2,1H3. The van der Waals surface area contributed by atoms with Crippen LogP contribution >= 0.6 is 11.8 Å². The van der Waals surface area contributed by atoms with E-state index in [0.29, 0.717) is 13.2 Å². The van der Waals surface area contributed by atoms with Crippen molar-refractivity contribution in [2.24, 2.45) is 0 Å². The maximum absolute atomic E-state index is 5.88. The van der Waals surface area contributed by atoms with Crippen molar-refractivity contribution in [1.29, 1.82) is 0 Å². The number of thioether (sulfide) groups is 1. The first kappa shape index (κ1) is 14.5. The molecule has 0 aromatic heterocycles. The second-order valence-electron chi connectivity index (χ2n) is 4.52. The van der Waals surface area contributed by atoms with Crippen LogP contribution in [-0.2, 0) is 9.47 Å². The minimum Gasteiger partial charge on any atom is -0.399 e. The Morgan fingerprint density at radius 1 is 1.32 bits per heavy atom. The highest BCUT2D eigenvalue weighted by atomic mass is 32.2. The number of fused-ring (bicyclic) bond motifs is 1. The normalized spacial score (nSPS) is 14.5. The molecule has 106 valence electrons. The lowest BCUT2D eigenvalue weighted by Crippen LogP contribution is -2.30. The molecule has 0 fully saturated rings. The van der Waals surface area contributed by atoms with Crippen LogP contribution < -0.4 is 10.6 Å². The molecule has 0 aliphatic carbocycles. The molecule has 5 heteroatoms. The summed E-state index contributed by atoms with van der Waals surface area (Å²) in [7, 11) is 1.69. The van der Waals surface area contributed by atoms with Crippen molar-refractivity contribution in [2.45, 2.75) is 11.3 Å². The number of rotatable bonds is 7. The third-order valence-electron chi connectivity index (χ3n) is 3.09. The predicted octanol–water partition coefficient (Wildman–Crippen LogP) is 2.23. The molecular formula is C14H22N2O2S. The molecule has 2 rings (SSSR count). The van der Waals surface area contributed by atoms with Gasteiger partial charge in [0.2, 0.25) is 0 Å². The lowest BCUT2D eigenvalue weighted by molar-refractivity contribution is 0.0700. The number of nitrogens with zero attached hydrogens (tertiary/aromatic N) is 1. The van der Waals surface area contributed by atoms with Gasteiger partial charge in [0.25, 0.3) is 0 Å². The summed E-state index contributed by atoms with van der Waals surface area (Å²) in [6, 6.07) is 6.17. The lowest BCUT2D eigenvalue weighted by Gasteiger charge is -2.31. The fourth-order valence-electron chi connectivity index (χ4n) is 2.12. The van der Waals surface area contributed by atoms with Crippen molar-refractivity contribution in [1.82, 2.24) is 0 Å². The van der Waals surface area contributed by atoms with E-state index in [1.54, 1.807) is 7.11 Å². The molecule has 0 unspecified atom stereocenters. The maximum atomic E-state index is 5.88. The van der Waals surface area contributed by atoms with E-state index in [4.69, 9.17) is 15.2 Å². The van der Waals surface area contributed by atoms with Gasteiger partial charge in [0.15, 0.2) is 0 Å². The van der Waals surface area contributed by atoms with Crippen LogP contribution in [-0.4, -0.2) is 45.8 Å². The van der Waals surface area contributed by atoms with Crippen LogP contribution in [0.2, 0.25) is 0 Å². The van der Waals surface area contributed by atoms with Crippen molar-refractivity contribution in [3.8, 4) is 0 Å². The molecule has 1 aliphatic heterocycles. The van der Waals surface area contributed by atoms with E-state index in [1.807, 2.05) is 17.8 Å². The van der Waals surface area contributed by atoms with Gasteiger partial charge in [-0.3, -0.25) is 0 Å². The van der Waals surface area contributed by atoms with Gasteiger partial charge in [-0.15, -0.1) is 11.8 Å². The van der Waals surface area contributed by atoms with Crippen LogP contribution in [0.1, 0.15) is 6.42 Å². The average molecular weight is 282 g/mol. The summed E-state index contributed by atoms with van der Waals surface area (Å²) in [5, 5.41) is 0. The number of methoxy groups -OCH3 is 1. The summed E-state index contributed by atoms with van der Waals surface area (Å²) < 4.78 is 10.4. The fraction of sp³-hybridized carbons (Fsp3) is 0.571. The van der Waals surface area contributed by atoms with E-state index < -0.39 is 0 Å². The van der Waals surface area contributed by atoms with E-state index in [2.05, 4.69) is 17.0 Å². The molecule has 0 atom stereocenters. The summed E-state index contributed by atoms with van der Waals surface area (Å²) in [6.45, 7) is 4.23. The quantitative estimate of drug-likeness (QED) is 0.614. The molecule has 0 saturated heterocycles. The molecular weight excluding hydrogens is 260 g/mol. The van der Waals surface area contributed by atoms with Gasteiger partial charge >= 0.3 is 0 Å². The molecule has 4 nitrogen and oxygen atoms in total. The zero-order valence-electron chi connectivity index (χ0n) is 11.4. The van der Waals surface area contributed by atoms with Crippen molar-refractivity contribution >= 4 is 23.1 Å². The Labute approximate surface area is 119 Å². The number of hydrogen-bond acceptors (Lipinski definition) is 5. The van der Waals surface area contributed by atoms with Gasteiger partial charge < -0.3 is 20.1 Å². The van der Waals surface area contributed by atoms with E-state index in [9.17, 15) is 0 Å². The van der Waals surface area contributed by atoms with Crippen LogP contribution in [0.25, 0.3) is 0 Å². The topological polar surface area (TPSA) is 47.7 Å². The fourth-order valence-corrected chi connectivity index (χ4v) is 3.16. The molecule has 2 N–H and O–H groups in total. The smallest absolute Gasteiger partial charge is 0.0700 e. The summed E-state index contributed by atoms with van der Waals surface area (Å²) in [6.07, 6.45) is 1.03. The maximum Gasteiger partial charge on any atom is 0.0700 e. The Hall–Kier alpha value is -0.910. The van der Waals surface area contributed by atoms with Gasteiger partial charge in [-0.2, -0.15) is 0 Å². The molecule has 1 aliphatic rings. The Morgan fingerprint density at radius 2 is 2.21 bits per heavy atom. The van der Waals surface area contributed by atoms with Gasteiger partial charge in [0.1, 0.15) is 0 Å². The van der Waals surface area contributed by atoms with Crippen LogP contribution in [0.3, 0.4) is 0 Å². The first-order valence-electron chi connectivity index (χ1n) is 6.65. The number of nitrogen functional groups attached to an aromatic ring is 1. The van der Waals surface area contributed by atoms with E-state index >= 15 is 0 Å². The number of nitrogens with two attached hydrogens (primary N) is 1. The first-order chi connectivity index (χ1) is 9.31. The number of benzene rings is 1. The van der Waals surface area contributed by atoms with Crippen LogP contribution in [0.5, 0.6) is 0 Å². The van der Waals surface area contributed by atoms with Crippen molar-refractivity contribution in [2.75, 3.05) is 56.4 Å². The molecule has 0 bridgehead atoms. The van der Waals surface area contributed by atoms with Gasteiger partial charge in [-0.05, 0) is 24.6 Å². The third kappa shape index (κ3) is 4.30. The molecule has 0 radical (unpaired) electrons. The minimum atomic E-state index is 0.666. The number of anilines is 2. The van der Waals surface area contributed by atoms with Crippen LogP contribution in [0.15, 0.2) is 23.1 Å². The van der Waals surface area contributed by atoms with Gasteiger partial charge in [-0.1, -0.05) is 0 Å². The molecule has 0 saturated carbocycles. The Bertz CT molecular complexity index is 401. The second kappa shape index (κ2) is 7.62. The monoisotopic (exact) mass is 282 g/mol. The molecule has 19 heavy (non-hydrogen) atoms. The first-order valence-corrected chi connectivity index (χ1v) is 7.64. The molecule has 1 aromatic rings. The highest BCUT2D eigenvalue weighted by Crippen LogP contribution is 2.35. The summed E-state index contributed by atoms with van der Waals surface area (Å²) >= 11 is 1.91. The van der Waals surface area contributed by atoms with Crippen molar-refractivity contribution < 1.29 is 9.47 Å². The van der Waals surface area contributed by atoms with Gasteiger partial charge in [0, 0.05) is 43.1 Å². The molecule has 1 aromatic carbocycles. The Balaban J connectivity index is 1.80. The Morgan fingerprint density at radius 3 is 3.05 bits per heavy atom. The highest BCUT2D eigenvalue weighted by Gasteiger charge is 2.16. The highest BCUT2D eigenvalue weighted by molar-refractivity contribution is 7.99. The number of ether oxygens (including phenoxy) is 2. The van der Waals surface area contributed by atoms with Gasteiger partial charge in [0.05, 0.1) is 18.9 Å². The van der Waals surface area contributed by atoms with E-state index in [-0.39, 0.29) is 0 Å². The molecule has 1 heterocycles. The largest absolute Gasteiger partial charge is 0.399 e. The summed E-state index contributed by atoms with van der Waals surface area (Å²) in [5.41, 5.74) is 7.99. The van der Waals surface area contributed by atoms with Crippen molar-refractivity contribution in [3.05, 3.63) is 18.2 Å². The van der Waals surface area contributed by atoms with Gasteiger partial charge in [-0.25, -0.2) is 0 Å². The SMILES string of the molecule is COCCOCCCN1CCSc2ccc(N)cc21. The lowest BCUT2D eigenvalue weighted by atomic mass is 10.2. The van der Waals surface area contributed by atoms with Crippen LogP contribution in [0, 0.1) is 0 Å². The zero-order chi connectivity index (χ0) is 13.5. The predicted molar refractivity (Wildman–Crippen MR) is 81.1 cm³/mol. The zero-order valence-corrected chi connectivity index (χ0v) is 12.2. The third-order valence-corrected chi connectivity index (χ3v) is 4.13. The average Bonchev–Trinajstić information content (AvgIpc) is 2.43. The second-order valence-corrected chi connectivity index (χ2v) is 5.66. The number of hydrogen-bond donors (Lipinski definition) is 1. The van der Waals surface area contributed by atoms with E-state index in [1.165, 1.54) is 10.6 Å². The summed E-state index contributed by atoms with van der Waals surface area (Å²) in [4.78, 5) is 3.74. The van der Waals surface area contributed by atoms with Crippen LogP contribution in [0.4, 0.5) is 11.4 Å². The minimum absolute atomic E-state index is 0.666. The molecule has 0 spiro atoms.